The Balaban J connectivity index is 1.98. The molecule has 2 heterocycles. The monoisotopic (exact) mass is 342 g/mol. The van der Waals surface area contributed by atoms with Gasteiger partial charge in [-0.1, -0.05) is 18.2 Å². The fourth-order valence-electron chi connectivity index (χ4n) is 2.76. The zero-order valence-corrected chi connectivity index (χ0v) is 14.4. The predicted molar refractivity (Wildman–Crippen MR) is 91.8 cm³/mol. The zero-order valence-electron chi connectivity index (χ0n) is 14.4. The molecule has 0 unspecified atom stereocenters. The van der Waals surface area contributed by atoms with E-state index in [0.29, 0.717) is 5.75 Å². The Hall–Kier alpha value is -3.16. The maximum Gasteiger partial charge on any atom is 0.332 e. The van der Waals surface area contributed by atoms with Gasteiger partial charge >= 0.3 is 11.7 Å². The number of carbonyl (C=O) groups is 1. The van der Waals surface area contributed by atoms with Crippen LogP contribution < -0.4 is 16.0 Å². The summed E-state index contributed by atoms with van der Waals surface area (Å²) < 4.78 is 9.10. The lowest BCUT2D eigenvalue weighted by molar-refractivity contribution is -0.135. The summed E-state index contributed by atoms with van der Waals surface area (Å²) in [4.78, 5) is 40.7. The minimum absolute atomic E-state index is 0.183. The molecule has 0 spiro atoms. The number of hydrogen-bond donors (Lipinski definition) is 0. The molecule has 8 nitrogen and oxygen atoms in total. The van der Waals surface area contributed by atoms with Crippen LogP contribution in [0.4, 0.5) is 0 Å². The third-order valence-corrected chi connectivity index (χ3v) is 4.14. The molecule has 130 valence electrons. The van der Waals surface area contributed by atoms with Gasteiger partial charge in [0.25, 0.3) is 5.56 Å². The van der Waals surface area contributed by atoms with E-state index in [2.05, 4.69) is 4.98 Å². The molecule has 2 aromatic heterocycles. The van der Waals surface area contributed by atoms with Gasteiger partial charge in [-0.05, 0) is 25.0 Å². The van der Waals surface area contributed by atoms with Gasteiger partial charge in [-0.25, -0.2) is 14.6 Å². The molecule has 0 N–H and O–H groups in total. The van der Waals surface area contributed by atoms with Gasteiger partial charge in [-0.2, -0.15) is 0 Å². The number of rotatable bonds is 3. The minimum Gasteiger partial charge on any atom is -0.425 e. The van der Waals surface area contributed by atoms with Gasteiger partial charge in [-0.15, -0.1) is 0 Å². The third kappa shape index (κ3) is 2.75. The quantitative estimate of drug-likeness (QED) is 0.515. The van der Waals surface area contributed by atoms with Crippen molar-refractivity contribution in [2.24, 2.45) is 14.1 Å². The maximum atomic E-state index is 12.4. The Morgan fingerprint density at radius 1 is 1.12 bits per heavy atom. The molecule has 0 amide bonds. The molecule has 0 aliphatic rings. The number of ether oxygens (including phenoxy) is 1. The SMILES string of the molecule is Cc1cccc(C)c1OC(=O)Cn1cnc2c1c(=O)n(C)c(=O)n2C. The number of fused-ring (bicyclic) bond motifs is 1. The van der Waals surface area contributed by atoms with Crippen molar-refractivity contribution in [1.29, 1.82) is 0 Å². The van der Waals surface area contributed by atoms with E-state index in [9.17, 15) is 14.4 Å². The normalized spacial score (nSPS) is 11.0. The highest BCUT2D eigenvalue weighted by Crippen LogP contribution is 2.22. The molecule has 1 aromatic carbocycles. The van der Waals surface area contributed by atoms with Gasteiger partial charge in [0.2, 0.25) is 0 Å². The zero-order chi connectivity index (χ0) is 18.3. The number of hydrogen-bond acceptors (Lipinski definition) is 5. The van der Waals surface area contributed by atoms with Gasteiger partial charge in [0.05, 0.1) is 6.33 Å². The molecular weight excluding hydrogens is 324 g/mol. The summed E-state index contributed by atoms with van der Waals surface area (Å²) in [6, 6.07) is 5.59. The van der Waals surface area contributed by atoms with E-state index in [1.165, 1.54) is 29.6 Å². The van der Waals surface area contributed by atoms with E-state index < -0.39 is 17.2 Å². The van der Waals surface area contributed by atoms with Gasteiger partial charge in [-0.3, -0.25) is 13.9 Å². The van der Waals surface area contributed by atoms with Crippen LogP contribution >= 0.6 is 0 Å². The highest BCUT2D eigenvalue weighted by atomic mass is 16.5. The Morgan fingerprint density at radius 2 is 1.76 bits per heavy atom. The molecular formula is C17H18N4O4. The van der Waals surface area contributed by atoms with Crippen molar-refractivity contribution in [3.8, 4) is 5.75 Å². The lowest BCUT2D eigenvalue weighted by Crippen LogP contribution is -2.37. The first-order valence-electron chi connectivity index (χ1n) is 7.69. The molecule has 3 aromatic rings. The topological polar surface area (TPSA) is 88.1 Å². The predicted octanol–water partition coefficient (Wildman–Crippen LogP) is 0.656. The summed E-state index contributed by atoms with van der Waals surface area (Å²) in [7, 11) is 2.91. The van der Waals surface area contributed by atoms with Crippen LogP contribution in [0.25, 0.3) is 11.2 Å². The molecule has 3 rings (SSSR count). The van der Waals surface area contributed by atoms with Crippen LogP contribution in [0.3, 0.4) is 0 Å². The first-order valence-corrected chi connectivity index (χ1v) is 7.69. The minimum atomic E-state index is -0.521. The average Bonchev–Trinajstić information content (AvgIpc) is 2.98. The Kier molecular flexibility index (Phi) is 4.03. The molecule has 25 heavy (non-hydrogen) atoms. The Bertz CT molecular complexity index is 1080. The van der Waals surface area contributed by atoms with Crippen LogP contribution in [-0.2, 0) is 25.4 Å². The maximum absolute atomic E-state index is 12.4. The molecule has 0 radical (unpaired) electrons. The summed E-state index contributed by atoms with van der Waals surface area (Å²) in [6.45, 7) is 3.53. The van der Waals surface area contributed by atoms with Crippen molar-refractivity contribution < 1.29 is 9.53 Å². The number of esters is 1. The molecule has 0 atom stereocenters. The Labute approximate surface area is 142 Å². The van der Waals surface area contributed by atoms with Gasteiger partial charge in [0.15, 0.2) is 11.2 Å². The second kappa shape index (κ2) is 6.04. The van der Waals surface area contributed by atoms with Crippen molar-refractivity contribution in [3.63, 3.8) is 0 Å². The summed E-state index contributed by atoms with van der Waals surface area (Å²) in [5, 5.41) is 0. The molecule has 8 heteroatoms. The standard InChI is InChI=1S/C17H18N4O4/c1-10-6-5-7-11(2)14(10)25-12(22)8-21-9-18-15-13(21)16(23)20(4)17(24)19(15)3/h5-7,9H,8H2,1-4H3. The number of para-hydroxylation sites is 1. The smallest absolute Gasteiger partial charge is 0.332 e. The summed E-state index contributed by atoms with van der Waals surface area (Å²) >= 11 is 0. The van der Waals surface area contributed by atoms with E-state index >= 15 is 0 Å². The molecule has 0 aliphatic carbocycles. The van der Waals surface area contributed by atoms with Crippen LogP contribution in [0.15, 0.2) is 34.1 Å². The van der Waals surface area contributed by atoms with Crippen LogP contribution in [0, 0.1) is 13.8 Å². The lowest BCUT2D eigenvalue weighted by atomic mass is 10.1. The van der Waals surface area contributed by atoms with Gasteiger partial charge in [0.1, 0.15) is 12.3 Å². The second-order valence-corrected chi connectivity index (χ2v) is 5.95. The van der Waals surface area contributed by atoms with Gasteiger partial charge in [0, 0.05) is 14.1 Å². The highest BCUT2D eigenvalue weighted by Gasteiger charge is 2.17. The van der Waals surface area contributed by atoms with Crippen molar-refractivity contribution in [2.75, 3.05) is 0 Å². The number of imidazole rings is 1. The molecule has 0 bridgehead atoms. The third-order valence-electron chi connectivity index (χ3n) is 4.14. The van der Waals surface area contributed by atoms with Crippen molar-refractivity contribution in [1.82, 2.24) is 18.7 Å². The molecule has 0 aliphatic heterocycles. The van der Waals surface area contributed by atoms with Gasteiger partial charge < -0.3 is 9.30 Å². The van der Waals surface area contributed by atoms with E-state index in [1.54, 1.807) is 0 Å². The number of nitrogens with zero attached hydrogens (tertiary/aromatic N) is 4. The fourth-order valence-corrected chi connectivity index (χ4v) is 2.76. The number of aromatic nitrogens is 4. The molecule has 0 saturated carbocycles. The van der Waals surface area contributed by atoms with Crippen LogP contribution in [0.2, 0.25) is 0 Å². The van der Waals surface area contributed by atoms with Crippen molar-refractivity contribution >= 4 is 17.1 Å². The Morgan fingerprint density at radius 3 is 2.40 bits per heavy atom. The summed E-state index contributed by atoms with van der Waals surface area (Å²) in [5.41, 5.74) is 1.14. The molecule has 0 fully saturated rings. The fraction of sp³-hybridized carbons (Fsp3) is 0.294. The van der Waals surface area contributed by atoms with E-state index in [0.717, 1.165) is 15.7 Å². The average molecular weight is 342 g/mol. The largest absolute Gasteiger partial charge is 0.425 e. The van der Waals surface area contributed by atoms with E-state index in [4.69, 9.17) is 4.74 Å². The number of benzene rings is 1. The summed E-state index contributed by atoms with van der Waals surface area (Å²) in [5.74, 6) is -0.00942. The van der Waals surface area contributed by atoms with Crippen molar-refractivity contribution in [2.45, 2.75) is 20.4 Å². The molecule has 0 saturated heterocycles. The highest BCUT2D eigenvalue weighted by molar-refractivity contribution is 5.77. The van der Waals surface area contributed by atoms with E-state index in [-0.39, 0.29) is 17.7 Å². The second-order valence-electron chi connectivity index (χ2n) is 5.95. The number of carbonyl (C=O) groups excluding carboxylic acids is 1. The van der Waals surface area contributed by atoms with E-state index in [1.807, 2.05) is 32.0 Å². The lowest BCUT2D eigenvalue weighted by Gasteiger charge is -2.11. The van der Waals surface area contributed by atoms with Crippen LogP contribution in [-0.4, -0.2) is 24.7 Å². The summed E-state index contributed by atoms with van der Waals surface area (Å²) in [6.07, 6.45) is 1.36. The first kappa shape index (κ1) is 16.7. The van der Waals surface area contributed by atoms with Crippen molar-refractivity contribution in [3.05, 3.63) is 56.5 Å². The van der Waals surface area contributed by atoms with Crippen LogP contribution in [0.5, 0.6) is 5.75 Å². The number of aryl methyl sites for hydroxylation is 3. The first-order chi connectivity index (χ1) is 11.8. The van der Waals surface area contributed by atoms with Crippen LogP contribution in [0.1, 0.15) is 11.1 Å².